The Hall–Kier alpha value is -0.780. The van der Waals surface area contributed by atoms with E-state index in [1.54, 1.807) is 0 Å². The number of hydrogen-bond donors (Lipinski definition) is 1. The van der Waals surface area contributed by atoms with Crippen LogP contribution in [0.15, 0.2) is 4.99 Å². The van der Waals surface area contributed by atoms with E-state index in [4.69, 9.17) is 4.99 Å². The first kappa shape index (κ1) is 20.9. The number of rotatable bonds is 5. The number of guanidine groups is 1. The quantitative estimate of drug-likeness (QED) is 0.571. The third-order valence-corrected chi connectivity index (χ3v) is 8.48. The summed E-state index contributed by atoms with van der Waals surface area (Å²) in [6.07, 6.45) is 8.46. The molecule has 3 aliphatic rings. The van der Waals surface area contributed by atoms with Gasteiger partial charge in [0.15, 0.2) is 15.8 Å². The number of nitrogens with one attached hydrogen (secondary N) is 1. The number of sulfone groups is 1. The zero-order valence-corrected chi connectivity index (χ0v) is 18.3. The summed E-state index contributed by atoms with van der Waals surface area (Å²) >= 11 is 0. The number of nitrogens with zero attached hydrogens (tertiary/aromatic N) is 2. The van der Waals surface area contributed by atoms with E-state index in [1.807, 2.05) is 0 Å². The molecule has 0 bridgehead atoms. The van der Waals surface area contributed by atoms with Gasteiger partial charge < -0.3 is 10.2 Å². The third-order valence-electron chi connectivity index (χ3n) is 6.64. The molecular formula is C21H39N3O2S. The number of likely N-dealkylation sites (tertiary alicyclic amines) is 1. The first-order valence-corrected chi connectivity index (χ1v) is 12.9. The first-order chi connectivity index (χ1) is 12.8. The van der Waals surface area contributed by atoms with Gasteiger partial charge in [-0.3, -0.25) is 4.99 Å². The fraction of sp³-hybridized carbons (Fsp3) is 0.952. The van der Waals surface area contributed by atoms with Crippen LogP contribution in [0.25, 0.3) is 0 Å². The zero-order chi connectivity index (χ0) is 19.4. The molecule has 2 heterocycles. The van der Waals surface area contributed by atoms with Crippen molar-refractivity contribution in [3.63, 3.8) is 0 Å². The minimum Gasteiger partial charge on any atom is -0.353 e. The molecule has 1 saturated carbocycles. The van der Waals surface area contributed by atoms with Gasteiger partial charge in [0, 0.05) is 25.7 Å². The highest BCUT2D eigenvalue weighted by Crippen LogP contribution is 2.27. The Bertz CT molecular complexity index is 617. The van der Waals surface area contributed by atoms with E-state index in [1.165, 1.54) is 38.5 Å². The van der Waals surface area contributed by atoms with E-state index in [-0.39, 0.29) is 5.92 Å². The molecule has 3 fully saturated rings. The van der Waals surface area contributed by atoms with Crippen molar-refractivity contribution in [2.75, 3.05) is 31.1 Å². The highest BCUT2D eigenvalue weighted by atomic mass is 32.2. The second-order valence-electron chi connectivity index (χ2n) is 9.68. The predicted octanol–water partition coefficient (Wildman–Crippen LogP) is 3.31. The second-order valence-corrected chi connectivity index (χ2v) is 11.9. The minimum absolute atomic E-state index is 0.199. The van der Waals surface area contributed by atoms with Gasteiger partial charge in [0.05, 0.1) is 11.5 Å². The van der Waals surface area contributed by atoms with Crippen LogP contribution in [0, 0.1) is 23.7 Å². The summed E-state index contributed by atoms with van der Waals surface area (Å²) in [5, 5.41) is 3.79. The largest absolute Gasteiger partial charge is 0.353 e. The summed E-state index contributed by atoms with van der Waals surface area (Å²) < 4.78 is 23.5. The summed E-state index contributed by atoms with van der Waals surface area (Å²) in [5.41, 5.74) is 0. The van der Waals surface area contributed by atoms with Gasteiger partial charge in [-0.15, -0.1) is 0 Å². The normalized spacial score (nSPS) is 34.4. The molecular weight excluding hydrogens is 358 g/mol. The van der Waals surface area contributed by atoms with Gasteiger partial charge in [0.1, 0.15) is 0 Å². The lowest BCUT2D eigenvalue weighted by Gasteiger charge is -2.33. The van der Waals surface area contributed by atoms with Gasteiger partial charge in [-0.05, 0) is 55.8 Å². The van der Waals surface area contributed by atoms with Crippen LogP contribution in [0.4, 0.5) is 0 Å². The van der Waals surface area contributed by atoms with Crippen LogP contribution in [-0.2, 0) is 9.84 Å². The molecule has 1 aliphatic carbocycles. The van der Waals surface area contributed by atoms with Crippen molar-refractivity contribution in [3.05, 3.63) is 0 Å². The van der Waals surface area contributed by atoms with Gasteiger partial charge in [0.25, 0.3) is 0 Å². The molecule has 5 nitrogen and oxygen atoms in total. The molecule has 1 N–H and O–H groups in total. The van der Waals surface area contributed by atoms with E-state index < -0.39 is 9.84 Å². The van der Waals surface area contributed by atoms with Crippen molar-refractivity contribution >= 4 is 15.8 Å². The van der Waals surface area contributed by atoms with Crippen molar-refractivity contribution in [1.82, 2.24) is 10.2 Å². The molecule has 0 aromatic heterocycles. The van der Waals surface area contributed by atoms with Crippen molar-refractivity contribution in [2.24, 2.45) is 28.7 Å². The second kappa shape index (κ2) is 9.15. The van der Waals surface area contributed by atoms with E-state index in [2.05, 4.69) is 31.0 Å². The van der Waals surface area contributed by atoms with Crippen LogP contribution in [0.2, 0.25) is 0 Å². The monoisotopic (exact) mass is 397 g/mol. The lowest BCUT2D eigenvalue weighted by molar-refractivity contribution is 0.297. The zero-order valence-electron chi connectivity index (χ0n) is 17.5. The van der Waals surface area contributed by atoms with Crippen molar-refractivity contribution in [2.45, 2.75) is 71.8 Å². The maximum absolute atomic E-state index is 11.8. The third kappa shape index (κ3) is 6.10. The molecule has 0 radical (unpaired) electrons. The summed E-state index contributed by atoms with van der Waals surface area (Å²) in [5.74, 6) is 4.09. The average Bonchev–Trinajstić information content (AvgIpc) is 3.18. The molecule has 6 heteroatoms. The fourth-order valence-electron chi connectivity index (χ4n) is 5.05. The smallest absolute Gasteiger partial charge is 0.194 e. The van der Waals surface area contributed by atoms with Gasteiger partial charge in [-0.1, -0.05) is 33.6 Å². The fourth-order valence-corrected chi connectivity index (χ4v) is 6.90. The molecule has 27 heavy (non-hydrogen) atoms. The van der Waals surface area contributed by atoms with Gasteiger partial charge >= 0.3 is 0 Å². The van der Waals surface area contributed by atoms with Crippen LogP contribution in [0.5, 0.6) is 0 Å². The van der Waals surface area contributed by atoms with Crippen molar-refractivity contribution in [1.29, 1.82) is 0 Å². The lowest BCUT2D eigenvalue weighted by atomic mass is 9.86. The first-order valence-electron chi connectivity index (χ1n) is 11.1. The lowest BCUT2D eigenvalue weighted by Crippen LogP contribution is -2.48. The van der Waals surface area contributed by atoms with Crippen molar-refractivity contribution < 1.29 is 8.42 Å². The van der Waals surface area contributed by atoms with E-state index >= 15 is 0 Å². The highest BCUT2D eigenvalue weighted by Gasteiger charge is 2.31. The molecule has 4 atom stereocenters. The molecule has 3 rings (SSSR count). The topological polar surface area (TPSA) is 61.8 Å². The Morgan fingerprint density at radius 2 is 1.93 bits per heavy atom. The van der Waals surface area contributed by atoms with E-state index in [9.17, 15) is 8.42 Å². The summed E-state index contributed by atoms with van der Waals surface area (Å²) in [6.45, 7) is 9.78. The van der Waals surface area contributed by atoms with Gasteiger partial charge in [-0.2, -0.15) is 0 Å². The highest BCUT2D eigenvalue weighted by molar-refractivity contribution is 7.91. The Balaban J connectivity index is 1.65. The molecule has 2 saturated heterocycles. The number of hydrogen-bond acceptors (Lipinski definition) is 3. The Morgan fingerprint density at radius 3 is 2.59 bits per heavy atom. The van der Waals surface area contributed by atoms with E-state index in [0.717, 1.165) is 37.3 Å². The average molecular weight is 398 g/mol. The SMILES string of the molecule is CC(C)CC1CCN(C(=NCC2CCS(=O)(=O)C2)NC2CCCCC2C)C1. The van der Waals surface area contributed by atoms with Crippen LogP contribution < -0.4 is 5.32 Å². The summed E-state index contributed by atoms with van der Waals surface area (Å²) in [6, 6.07) is 0.508. The van der Waals surface area contributed by atoms with Crippen LogP contribution in [0.1, 0.15) is 65.7 Å². The Morgan fingerprint density at radius 1 is 1.15 bits per heavy atom. The minimum atomic E-state index is -2.82. The maximum atomic E-state index is 11.8. The van der Waals surface area contributed by atoms with Gasteiger partial charge in [0.2, 0.25) is 0 Å². The summed E-state index contributed by atoms with van der Waals surface area (Å²) in [4.78, 5) is 7.40. The summed E-state index contributed by atoms with van der Waals surface area (Å²) in [7, 11) is -2.82. The Kier molecular flexibility index (Phi) is 7.09. The molecule has 156 valence electrons. The standard InChI is InChI=1S/C21H39N3O2S/c1-16(2)12-18-8-10-24(14-18)21(23-20-7-5-4-6-17(20)3)22-13-19-9-11-27(25,26)15-19/h16-20H,4-15H2,1-3H3,(H,22,23). The van der Waals surface area contributed by atoms with Crippen molar-refractivity contribution in [3.8, 4) is 0 Å². The van der Waals surface area contributed by atoms with Crippen LogP contribution in [0.3, 0.4) is 0 Å². The van der Waals surface area contributed by atoms with E-state index in [0.29, 0.717) is 30.0 Å². The molecule has 0 spiro atoms. The molecule has 2 aliphatic heterocycles. The Labute approximate surface area is 166 Å². The predicted molar refractivity (Wildman–Crippen MR) is 113 cm³/mol. The number of aliphatic imine (C=N–C) groups is 1. The molecule has 4 unspecified atom stereocenters. The maximum Gasteiger partial charge on any atom is 0.194 e. The molecule has 0 aromatic rings. The van der Waals surface area contributed by atoms with Gasteiger partial charge in [-0.25, -0.2) is 8.42 Å². The molecule has 0 aromatic carbocycles. The van der Waals surface area contributed by atoms with Crippen LogP contribution in [-0.4, -0.2) is 56.5 Å². The molecule has 0 amide bonds. The van der Waals surface area contributed by atoms with Crippen LogP contribution >= 0.6 is 0 Å².